The van der Waals surface area contributed by atoms with Crippen molar-refractivity contribution >= 4 is 23.4 Å². The van der Waals surface area contributed by atoms with Crippen molar-refractivity contribution < 1.29 is 4.74 Å². The molecule has 0 atom stereocenters. The molecule has 0 saturated heterocycles. The Morgan fingerprint density at radius 3 is 2.47 bits per heavy atom. The highest BCUT2D eigenvalue weighted by atomic mass is 32.1. The molecule has 1 saturated carbocycles. The molecule has 0 aliphatic heterocycles. The maximum Gasteiger partial charge on any atom is 0.120 e. The number of rotatable bonds is 2. The third-order valence-corrected chi connectivity index (χ3v) is 3.68. The van der Waals surface area contributed by atoms with E-state index in [0.717, 1.165) is 10.6 Å². The molecule has 1 aliphatic carbocycles. The van der Waals surface area contributed by atoms with Gasteiger partial charge in [0.05, 0.1) is 6.10 Å². The third-order valence-electron chi connectivity index (χ3n) is 3.40. The van der Waals surface area contributed by atoms with Crippen LogP contribution in [0, 0.1) is 0 Å². The standard InChI is InChI=1S/C15H16OS/c17-15-8-6-11-9-14(7-5-12(11)10-15)16-13-3-1-2-4-13/h5-10,13,17H,1-4H2. The second-order valence-electron chi connectivity index (χ2n) is 4.72. The van der Waals surface area contributed by atoms with Crippen molar-refractivity contribution in [3.05, 3.63) is 36.4 Å². The normalized spacial score (nSPS) is 16.5. The quantitative estimate of drug-likeness (QED) is 0.768. The van der Waals surface area contributed by atoms with E-state index in [-0.39, 0.29) is 0 Å². The molecule has 1 aliphatic rings. The number of thiol groups is 1. The van der Waals surface area contributed by atoms with Crippen LogP contribution in [0.25, 0.3) is 10.8 Å². The van der Waals surface area contributed by atoms with Crippen LogP contribution >= 0.6 is 12.6 Å². The molecule has 17 heavy (non-hydrogen) atoms. The molecule has 0 aromatic heterocycles. The molecule has 0 unspecified atom stereocenters. The van der Waals surface area contributed by atoms with Crippen LogP contribution in [-0.4, -0.2) is 6.10 Å². The molecule has 0 spiro atoms. The first-order chi connectivity index (χ1) is 8.31. The first-order valence-corrected chi connectivity index (χ1v) is 6.65. The van der Waals surface area contributed by atoms with E-state index >= 15 is 0 Å². The van der Waals surface area contributed by atoms with Gasteiger partial charge >= 0.3 is 0 Å². The lowest BCUT2D eigenvalue weighted by Crippen LogP contribution is -2.10. The van der Waals surface area contributed by atoms with E-state index in [2.05, 4.69) is 43.0 Å². The fourth-order valence-corrected chi connectivity index (χ4v) is 2.70. The highest BCUT2D eigenvalue weighted by Gasteiger charge is 2.16. The fraction of sp³-hybridized carbons (Fsp3) is 0.333. The van der Waals surface area contributed by atoms with E-state index < -0.39 is 0 Å². The molecule has 0 radical (unpaired) electrons. The number of benzene rings is 2. The molecule has 2 aromatic carbocycles. The molecule has 0 amide bonds. The van der Waals surface area contributed by atoms with Crippen molar-refractivity contribution in [1.29, 1.82) is 0 Å². The minimum atomic E-state index is 0.427. The van der Waals surface area contributed by atoms with Crippen molar-refractivity contribution in [1.82, 2.24) is 0 Å². The molecular formula is C15H16OS. The molecule has 1 fully saturated rings. The zero-order chi connectivity index (χ0) is 11.7. The summed E-state index contributed by atoms with van der Waals surface area (Å²) in [5, 5.41) is 2.44. The van der Waals surface area contributed by atoms with Crippen molar-refractivity contribution in [2.24, 2.45) is 0 Å². The first-order valence-electron chi connectivity index (χ1n) is 6.21. The number of hydrogen-bond donors (Lipinski definition) is 1. The summed E-state index contributed by atoms with van der Waals surface area (Å²) < 4.78 is 5.99. The monoisotopic (exact) mass is 244 g/mol. The molecule has 3 rings (SSSR count). The largest absolute Gasteiger partial charge is 0.490 e. The predicted molar refractivity (Wildman–Crippen MR) is 74.1 cm³/mol. The lowest BCUT2D eigenvalue weighted by molar-refractivity contribution is 0.210. The van der Waals surface area contributed by atoms with Gasteiger partial charge in [-0.25, -0.2) is 0 Å². The van der Waals surface area contributed by atoms with Crippen LogP contribution in [0.3, 0.4) is 0 Å². The van der Waals surface area contributed by atoms with Crippen molar-refractivity contribution in [3.63, 3.8) is 0 Å². The summed E-state index contributed by atoms with van der Waals surface area (Å²) in [6, 6.07) is 12.5. The number of hydrogen-bond acceptors (Lipinski definition) is 2. The van der Waals surface area contributed by atoms with Gasteiger partial charge in [-0.15, -0.1) is 12.6 Å². The van der Waals surface area contributed by atoms with Gasteiger partial charge < -0.3 is 4.74 Å². The highest BCUT2D eigenvalue weighted by Crippen LogP contribution is 2.27. The van der Waals surface area contributed by atoms with Gasteiger partial charge in [-0.1, -0.05) is 12.1 Å². The van der Waals surface area contributed by atoms with E-state index in [1.54, 1.807) is 0 Å². The topological polar surface area (TPSA) is 9.23 Å². The molecule has 0 heterocycles. The van der Waals surface area contributed by atoms with Gasteiger partial charge in [0.15, 0.2) is 0 Å². The van der Waals surface area contributed by atoms with Crippen molar-refractivity contribution in [3.8, 4) is 5.75 Å². The smallest absolute Gasteiger partial charge is 0.120 e. The summed E-state index contributed by atoms with van der Waals surface area (Å²) in [7, 11) is 0. The lowest BCUT2D eigenvalue weighted by Gasteiger charge is -2.13. The molecule has 2 heteroatoms. The van der Waals surface area contributed by atoms with E-state index in [4.69, 9.17) is 4.74 Å². The second kappa shape index (κ2) is 4.61. The Morgan fingerprint density at radius 2 is 1.65 bits per heavy atom. The third kappa shape index (κ3) is 2.42. The maximum atomic E-state index is 5.99. The van der Waals surface area contributed by atoms with Crippen LogP contribution in [-0.2, 0) is 0 Å². The Hall–Kier alpha value is -1.15. The molecule has 88 valence electrons. The molecule has 0 N–H and O–H groups in total. The number of ether oxygens (including phenoxy) is 1. The van der Waals surface area contributed by atoms with Crippen LogP contribution in [0.5, 0.6) is 5.75 Å². The SMILES string of the molecule is Sc1ccc2cc(OC3CCCC3)ccc2c1. The fourth-order valence-electron chi connectivity index (χ4n) is 2.48. The maximum absolute atomic E-state index is 5.99. The van der Waals surface area contributed by atoms with Gasteiger partial charge in [0.25, 0.3) is 0 Å². The Labute approximate surface area is 107 Å². The van der Waals surface area contributed by atoms with Crippen LogP contribution in [0.1, 0.15) is 25.7 Å². The predicted octanol–water partition coefficient (Wildman–Crippen LogP) is 4.45. The summed E-state index contributed by atoms with van der Waals surface area (Å²) in [5.74, 6) is 0.997. The van der Waals surface area contributed by atoms with Crippen LogP contribution in [0.2, 0.25) is 0 Å². The molecule has 0 bridgehead atoms. The van der Waals surface area contributed by atoms with Gasteiger partial charge in [-0.05, 0) is 60.7 Å². The Bertz CT molecular complexity index is 529. The van der Waals surface area contributed by atoms with Crippen molar-refractivity contribution in [2.45, 2.75) is 36.7 Å². The van der Waals surface area contributed by atoms with Crippen molar-refractivity contribution in [2.75, 3.05) is 0 Å². The molecule has 2 aromatic rings. The first kappa shape index (κ1) is 11.0. The second-order valence-corrected chi connectivity index (χ2v) is 5.23. The molecular weight excluding hydrogens is 228 g/mol. The van der Waals surface area contributed by atoms with Gasteiger partial charge in [0, 0.05) is 4.90 Å². The number of fused-ring (bicyclic) bond motifs is 1. The summed E-state index contributed by atoms with van der Waals surface area (Å²) >= 11 is 4.35. The van der Waals surface area contributed by atoms with Gasteiger partial charge in [0.2, 0.25) is 0 Å². The summed E-state index contributed by atoms with van der Waals surface area (Å²) in [6.07, 6.45) is 5.45. The zero-order valence-corrected chi connectivity index (χ0v) is 10.6. The average molecular weight is 244 g/mol. The Kier molecular flexibility index (Phi) is 2.98. The minimum Gasteiger partial charge on any atom is -0.490 e. The average Bonchev–Trinajstić information content (AvgIpc) is 2.82. The van der Waals surface area contributed by atoms with Crippen LogP contribution in [0.15, 0.2) is 41.3 Å². The van der Waals surface area contributed by atoms with E-state index in [0.29, 0.717) is 6.10 Å². The lowest BCUT2D eigenvalue weighted by atomic mass is 10.1. The summed E-state index contributed by atoms with van der Waals surface area (Å²) in [4.78, 5) is 1.00. The van der Waals surface area contributed by atoms with E-state index in [1.807, 2.05) is 6.07 Å². The Balaban J connectivity index is 1.88. The summed E-state index contributed by atoms with van der Waals surface area (Å²) in [6.45, 7) is 0. The van der Waals surface area contributed by atoms with Gasteiger partial charge in [0.1, 0.15) is 5.75 Å². The minimum absolute atomic E-state index is 0.427. The summed E-state index contributed by atoms with van der Waals surface area (Å²) in [5.41, 5.74) is 0. The van der Waals surface area contributed by atoms with E-state index in [1.165, 1.54) is 36.5 Å². The van der Waals surface area contributed by atoms with E-state index in [9.17, 15) is 0 Å². The van der Waals surface area contributed by atoms with Crippen LogP contribution < -0.4 is 4.74 Å². The van der Waals surface area contributed by atoms with Gasteiger partial charge in [-0.3, -0.25) is 0 Å². The van der Waals surface area contributed by atoms with Gasteiger partial charge in [-0.2, -0.15) is 0 Å². The zero-order valence-electron chi connectivity index (χ0n) is 9.73. The molecule has 1 nitrogen and oxygen atoms in total. The van der Waals surface area contributed by atoms with Crippen LogP contribution in [0.4, 0.5) is 0 Å². The Morgan fingerprint density at radius 1 is 0.941 bits per heavy atom. The highest BCUT2D eigenvalue weighted by molar-refractivity contribution is 7.80.